The lowest BCUT2D eigenvalue weighted by Gasteiger charge is -2.27. The van der Waals surface area contributed by atoms with Gasteiger partial charge in [0.1, 0.15) is 0 Å². The second kappa shape index (κ2) is 3.78. The minimum absolute atomic E-state index is 0.731. The SMILES string of the molecule is Clc1cccc(CN2C[C@H]3C[C@@H]2CN3)c1. The largest absolute Gasteiger partial charge is 0.311 e. The van der Waals surface area contributed by atoms with E-state index >= 15 is 0 Å². The van der Waals surface area contributed by atoms with Crippen molar-refractivity contribution in [2.24, 2.45) is 0 Å². The number of fused-ring (bicyclic) bond motifs is 2. The molecule has 0 amide bonds. The number of hydrogen-bond acceptors (Lipinski definition) is 2. The zero-order chi connectivity index (χ0) is 10.3. The van der Waals surface area contributed by atoms with E-state index < -0.39 is 0 Å². The van der Waals surface area contributed by atoms with E-state index in [4.69, 9.17) is 11.6 Å². The van der Waals surface area contributed by atoms with Gasteiger partial charge in [-0.2, -0.15) is 0 Å². The van der Waals surface area contributed by atoms with Gasteiger partial charge in [-0.05, 0) is 24.1 Å². The maximum Gasteiger partial charge on any atom is 0.0409 e. The fourth-order valence-corrected chi connectivity index (χ4v) is 2.92. The van der Waals surface area contributed by atoms with Crippen LogP contribution in [0.1, 0.15) is 12.0 Å². The summed E-state index contributed by atoms with van der Waals surface area (Å²) in [6.07, 6.45) is 1.32. The third kappa shape index (κ3) is 1.89. The number of nitrogens with one attached hydrogen (secondary N) is 1. The molecule has 1 aromatic carbocycles. The van der Waals surface area contributed by atoms with E-state index in [1.165, 1.54) is 18.5 Å². The fourth-order valence-electron chi connectivity index (χ4n) is 2.71. The average Bonchev–Trinajstić information content (AvgIpc) is 2.79. The van der Waals surface area contributed by atoms with Gasteiger partial charge >= 0.3 is 0 Å². The Bertz CT molecular complexity index is 366. The molecule has 1 N–H and O–H groups in total. The average molecular weight is 223 g/mol. The second-order valence-electron chi connectivity index (χ2n) is 4.55. The smallest absolute Gasteiger partial charge is 0.0409 e. The van der Waals surface area contributed by atoms with Crippen molar-refractivity contribution in [3.63, 3.8) is 0 Å². The molecule has 3 heteroatoms. The standard InChI is InChI=1S/C12H15ClN2/c13-10-3-1-2-9(4-10)7-15-8-11-5-12(15)6-14-11/h1-4,11-12,14H,5-8H2/t11-,12-/m1/s1. The summed E-state index contributed by atoms with van der Waals surface area (Å²) in [5.41, 5.74) is 1.33. The highest BCUT2D eigenvalue weighted by atomic mass is 35.5. The normalized spacial score (nSPS) is 29.9. The first kappa shape index (κ1) is 9.64. The van der Waals surface area contributed by atoms with Gasteiger partial charge < -0.3 is 5.32 Å². The molecule has 2 aliphatic heterocycles. The van der Waals surface area contributed by atoms with Crippen molar-refractivity contribution >= 4 is 11.6 Å². The van der Waals surface area contributed by atoms with Crippen molar-refractivity contribution in [1.29, 1.82) is 0 Å². The Morgan fingerprint density at radius 1 is 1.47 bits per heavy atom. The van der Waals surface area contributed by atoms with Crippen LogP contribution in [-0.2, 0) is 6.54 Å². The molecule has 0 aliphatic carbocycles. The molecule has 15 heavy (non-hydrogen) atoms. The third-order valence-electron chi connectivity index (χ3n) is 3.44. The summed E-state index contributed by atoms with van der Waals surface area (Å²) in [5.74, 6) is 0. The minimum atomic E-state index is 0.731. The Morgan fingerprint density at radius 3 is 3.07 bits per heavy atom. The zero-order valence-electron chi connectivity index (χ0n) is 8.62. The molecule has 2 saturated heterocycles. The molecular formula is C12H15ClN2. The summed E-state index contributed by atoms with van der Waals surface area (Å²) in [6.45, 7) is 3.39. The van der Waals surface area contributed by atoms with Crippen LogP contribution in [-0.4, -0.2) is 30.1 Å². The molecule has 2 fully saturated rings. The van der Waals surface area contributed by atoms with E-state index in [1.807, 2.05) is 12.1 Å². The molecule has 0 unspecified atom stereocenters. The lowest BCUT2D eigenvalue weighted by molar-refractivity contribution is 0.218. The van der Waals surface area contributed by atoms with Crippen molar-refractivity contribution in [2.75, 3.05) is 13.1 Å². The Labute approximate surface area is 95.2 Å². The molecule has 0 aromatic heterocycles. The van der Waals surface area contributed by atoms with Gasteiger partial charge in [-0.1, -0.05) is 23.7 Å². The third-order valence-corrected chi connectivity index (χ3v) is 3.68. The van der Waals surface area contributed by atoms with E-state index in [9.17, 15) is 0 Å². The maximum absolute atomic E-state index is 5.98. The summed E-state index contributed by atoms with van der Waals surface area (Å²) in [7, 11) is 0. The van der Waals surface area contributed by atoms with Crippen LogP contribution >= 0.6 is 11.6 Å². The molecule has 2 aliphatic rings. The zero-order valence-corrected chi connectivity index (χ0v) is 9.37. The van der Waals surface area contributed by atoms with E-state index in [-0.39, 0.29) is 0 Å². The number of halogens is 1. The molecule has 0 saturated carbocycles. The van der Waals surface area contributed by atoms with Gasteiger partial charge in [-0.15, -0.1) is 0 Å². The van der Waals surface area contributed by atoms with Gasteiger partial charge in [-0.3, -0.25) is 4.90 Å². The number of rotatable bonds is 2. The predicted molar refractivity (Wildman–Crippen MR) is 62.1 cm³/mol. The first-order chi connectivity index (χ1) is 7.31. The van der Waals surface area contributed by atoms with E-state index in [0.29, 0.717) is 0 Å². The van der Waals surface area contributed by atoms with E-state index in [2.05, 4.69) is 22.3 Å². The number of likely N-dealkylation sites (tertiary alicyclic amines) is 1. The van der Waals surface area contributed by atoms with Crippen LogP contribution in [0.15, 0.2) is 24.3 Å². The Kier molecular flexibility index (Phi) is 2.43. The number of nitrogens with zero attached hydrogens (tertiary/aromatic N) is 1. The van der Waals surface area contributed by atoms with Crippen LogP contribution in [0.3, 0.4) is 0 Å². The van der Waals surface area contributed by atoms with E-state index in [1.54, 1.807) is 0 Å². The van der Waals surface area contributed by atoms with Gasteiger partial charge in [0.05, 0.1) is 0 Å². The van der Waals surface area contributed by atoms with Crippen LogP contribution in [0.2, 0.25) is 5.02 Å². The Balaban J connectivity index is 1.71. The molecule has 0 radical (unpaired) electrons. The first-order valence-corrected chi connectivity index (χ1v) is 5.91. The van der Waals surface area contributed by atoms with Crippen molar-refractivity contribution in [1.82, 2.24) is 10.2 Å². The van der Waals surface area contributed by atoms with Crippen LogP contribution < -0.4 is 5.32 Å². The molecule has 0 spiro atoms. The Morgan fingerprint density at radius 2 is 2.40 bits per heavy atom. The lowest BCUT2D eigenvalue weighted by atomic mass is 10.2. The summed E-state index contributed by atoms with van der Waals surface area (Å²) in [4.78, 5) is 2.56. The number of piperazine rings is 1. The summed E-state index contributed by atoms with van der Waals surface area (Å²) in [6, 6.07) is 9.67. The molecule has 2 bridgehead atoms. The van der Waals surface area contributed by atoms with Gasteiger partial charge in [-0.25, -0.2) is 0 Å². The Hall–Kier alpha value is -0.570. The quantitative estimate of drug-likeness (QED) is 0.822. The molecule has 3 rings (SSSR count). The van der Waals surface area contributed by atoms with Gasteiger partial charge in [0.15, 0.2) is 0 Å². The van der Waals surface area contributed by atoms with Gasteiger partial charge in [0.2, 0.25) is 0 Å². The highest BCUT2D eigenvalue weighted by Gasteiger charge is 2.37. The molecule has 2 nitrogen and oxygen atoms in total. The second-order valence-corrected chi connectivity index (χ2v) is 4.99. The monoisotopic (exact) mass is 222 g/mol. The number of benzene rings is 1. The topological polar surface area (TPSA) is 15.3 Å². The summed E-state index contributed by atoms with van der Waals surface area (Å²) < 4.78 is 0. The molecule has 80 valence electrons. The van der Waals surface area contributed by atoms with Crippen molar-refractivity contribution in [3.05, 3.63) is 34.9 Å². The highest BCUT2D eigenvalue weighted by molar-refractivity contribution is 6.30. The van der Waals surface area contributed by atoms with Crippen molar-refractivity contribution in [3.8, 4) is 0 Å². The van der Waals surface area contributed by atoms with Crippen molar-refractivity contribution < 1.29 is 0 Å². The molecule has 2 heterocycles. The van der Waals surface area contributed by atoms with Crippen LogP contribution in [0.4, 0.5) is 0 Å². The van der Waals surface area contributed by atoms with Crippen LogP contribution in [0.25, 0.3) is 0 Å². The molecule has 2 atom stereocenters. The predicted octanol–water partition coefficient (Wildman–Crippen LogP) is 1.89. The first-order valence-electron chi connectivity index (χ1n) is 5.53. The lowest BCUT2D eigenvalue weighted by Crippen LogP contribution is -2.42. The summed E-state index contributed by atoms with van der Waals surface area (Å²) >= 11 is 5.98. The fraction of sp³-hybridized carbons (Fsp3) is 0.500. The molecular weight excluding hydrogens is 208 g/mol. The summed E-state index contributed by atoms with van der Waals surface area (Å²) in [5, 5.41) is 4.36. The maximum atomic E-state index is 5.98. The highest BCUT2D eigenvalue weighted by Crippen LogP contribution is 2.25. The van der Waals surface area contributed by atoms with Crippen LogP contribution in [0, 0.1) is 0 Å². The number of hydrogen-bond donors (Lipinski definition) is 1. The minimum Gasteiger partial charge on any atom is -0.311 e. The van der Waals surface area contributed by atoms with Gasteiger partial charge in [0.25, 0.3) is 0 Å². The molecule has 1 aromatic rings. The van der Waals surface area contributed by atoms with E-state index in [0.717, 1.165) is 30.2 Å². The van der Waals surface area contributed by atoms with Gasteiger partial charge in [0, 0.05) is 36.7 Å². The van der Waals surface area contributed by atoms with Crippen molar-refractivity contribution in [2.45, 2.75) is 25.0 Å². The van der Waals surface area contributed by atoms with Crippen LogP contribution in [0.5, 0.6) is 0 Å².